The highest BCUT2D eigenvalue weighted by Gasteiger charge is 2.09. The Balaban J connectivity index is 1.87. The van der Waals surface area contributed by atoms with Gasteiger partial charge < -0.3 is 10.3 Å². The number of thioether (sulfide) groups is 1. The Kier molecular flexibility index (Phi) is 4.58. The minimum Gasteiger partial charge on any atom is -0.338 e. The molecule has 2 rings (SSSR count). The van der Waals surface area contributed by atoms with Gasteiger partial charge in [0.2, 0.25) is 11.7 Å². The molecule has 0 aliphatic heterocycles. The number of nitrogens with zero attached hydrogens (tertiary/aromatic N) is 2. The summed E-state index contributed by atoms with van der Waals surface area (Å²) in [6.07, 6.45) is 0. The third-order valence-corrected chi connectivity index (χ3v) is 4.36. The number of aromatic nitrogens is 2. The number of rotatable bonds is 6. The normalized spacial score (nSPS) is 12.8. The summed E-state index contributed by atoms with van der Waals surface area (Å²) in [5.41, 5.74) is 5.56. The monoisotopic (exact) mass is 269 g/mol. The highest BCUT2D eigenvalue weighted by Crippen LogP contribution is 2.22. The second-order valence-corrected chi connectivity index (χ2v) is 5.82. The molecular weight excluding hydrogens is 254 g/mol. The fourth-order valence-corrected chi connectivity index (χ4v) is 2.83. The Morgan fingerprint density at radius 3 is 3.18 bits per heavy atom. The quantitative estimate of drug-likeness (QED) is 0.873. The number of nitrogens with two attached hydrogens (primary N) is 1. The Morgan fingerprint density at radius 1 is 1.59 bits per heavy atom. The van der Waals surface area contributed by atoms with Crippen LogP contribution >= 0.6 is 23.1 Å². The van der Waals surface area contributed by atoms with E-state index in [0.717, 1.165) is 22.9 Å². The molecule has 2 aromatic heterocycles. The SMILES string of the molecule is CC(CN)CSCc1nc(-c2cccs2)no1. The number of hydrogen-bond acceptors (Lipinski definition) is 6. The van der Waals surface area contributed by atoms with Crippen LogP contribution in [0.15, 0.2) is 22.0 Å². The number of hydrogen-bond donors (Lipinski definition) is 1. The fraction of sp³-hybridized carbons (Fsp3) is 0.455. The molecule has 4 nitrogen and oxygen atoms in total. The molecule has 17 heavy (non-hydrogen) atoms. The zero-order valence-corrected chi connectivity index (χ0v) is 11.3. The van der Waals surface area contributed by atoms with Gasteiger partial charge in [0, 0.05) is 0 Å². The second kappa shape index (κ2) is 6.18. The van der Waals surface area contributed by atoms with E-state index in [1.807, 2.05) is 17.5 Å². The maximum atomic E-state index is 5.56. The lowest BCUT2D eigenvalue weighted by molar-refractivity contribution is 0.391. The van der Waals surface area contributed by atoms with Crippen molar-refractivity contribution >= 4 is 23.1 Å². The van der Waals surface area contributed by atoms with Gasteiger partial charge in [0.25, 0.3) is 0 Å². The van der Waals surface area contributed by atoms with Gasteiger partial charge in [0.05, 0.1) is 10.6 Å². The summed E-state index contributed by atoms with van der Waals surface area (Å²) in [4.78, 5) is 5.40. The first-order valence-corrected chi connectivity index (χ1v) is 7.47. The van der Waals surface area contributed by atoms with Crippen molar-refractivity contribution < 1.29 is 4.52 Å². The topological polar surface area (TPSA) is 64.9 Å². The van der Waals surface area contributed by atoms with Crippen molar-refractivity contribution in [2.24, 2.45) is 11.7 Å². The molecule has 1 unspecified atom stereocenters. The Labute approximate surface area is 109 Å². The van der Waals surface area contributed by atoms with Crippen molar-refractivity contribution in [1.29, 1.82) is 0 Å². The van der Waals surface area contributed by atoms with E-state index in [0.29, 0.717) is 17.6 Å². The van der Waals surface area contributed by atoms with Crippen molar-refractivity contribution in [3.05, 3.63) is 23.4 Å². The van der Waals surface area contributed by atoms with Crippen LogP contribution in [0, 0.1) is 5.92 Å². The average molecular weight is 269 g/mol. The van der Waals surface area contributed by atoms with Crippen molar-refractivity contribution in [2.75, 3.05) is 12.3 Å². The molecule has 6 heteroatoms. The minimum absolute atomic E-state index is 0.527. The van der Waals surface area contributed by atoms with E-state index in [1.54, 1.807) is 23.1 Å². The molecular formula is C11H15N3OS2. The van der Waals surface area contributed by atoms with Crippen LogP contribution in [0.4, 0.5) is 0 Å². The highest BCUT2D eigenvalue weighted by molar-refractivity contribution is 7.98. The lowest BCUT2D eigenvalue weighted by Gasteiger charge is -2.05. The van der Waals surface area contributed by atoms with Gasteiger partial charge >= 0.3 is 0 Å². The Morgan fingerprint density at radius 2 is 2.47 bits per heavy atom. The van der Waals surface area contributed by atoms with Crippen LogP contribution in [0.1, 0.15) is 12.8 Å². The van der Waals surface area contributed by atoms with E-state index in [9.17, 15) is 0 Å². The molecule has 92 valence electrons. The molecule has 0 amide bonds. The van der Waals surface area contributed by atoms with Crippen LogP contribution in [-0.2, 0) is 5.75 Å². The highest BCUT2D eigenvalue weighted by atomic mass is 32.2. The summed E-state index contributed by atoms with van der Waals surface area (Å²) in [5.74, 6) is 3.67. The molecule has 0 aliphatic carbocycles. The first-order valence-electron chi connectivity index (χ1n) is 5.44. The van der Waals surface area contributed by atoms with Crippen LogP contribution in [0.25, 0.3) is 10.7 Å². The van der Waals surface area contributed by atoms with Gasteiger partial charge in [0.15, 0.2) is 0 Å². The first kappa shape index (κ1) is 12.6. The molecule has 2 N–H and O–H groups in total. The van der Waals surface area contributed by atoms with Gasteiger partial charge in [-0.15, -0.1) is 11.3 Å². The zero-order valence-electron chi connectivity index (χ0n) is 9.63. The summed E-state index contributed by atoms with van der Waals surface area (Å²) in [7, 11) is 0. The second-order valence-electron chi connectivity index (χ2n) is 3.85. The van der Waals surface area contributed by atoms with Crippen LogP contribution in [0.2, 0.25) is 0 Å². The van der Waals surface area contributed by atoms with E-state index in [4.69, 9.17) is 10.3 Å². The fourth-order valence-electron chi connectivity index (χ4n) is 1.23. The van der Waals surface area contributed by atoms with Crippen LogP contribution in [0.3, 0.4) is 0 Å². The summed E-state index contributed by atoms with van der Waals surface area (Å²) < 4.78 is 5.20. The van der Waals surface area contributed by atoms with E-state index in [1.165, 1.54) is 0 Å². The first-order chi connectivity index (χ1) is 8.29. The van der Waals surface area contributed by atoms with Crippen molar-refractivity contribution in [1.82, 2.24) is 10.1 Å². The van der Waals surface area contributed by atoms with Gasteiger partial charge in [-0.25, -0.2) is 0 Å². The zero-order chi connectivity index (χ0) is 12.1. The number of thiophene rings is 1. The summed E-state index contributed by atoms with van der Waals surface area (Å²) in [6, 6.07) is 3.97. The largest absolute Gasteiger partial charge is 0.338 e. The van der Waals surface area contributed by atoms with E-state index in [2.05, 4.69) is 17.1 Å². The van der Waals surface area contributed by atoms with Crippen molar-refractivity contribution in [3.8, 4) is 10.7 Å². The molecule has 0 bridgehead atoms. The molecule has 0 spiro atoms. The average Bonchev–Trinajstić information content (AvgIpc) is 2.98. The summed E-state index contributed by atoms with van der Waals surface area (Å²) >= 11 is 3.39. The predicted molar refractivity (Wildman–Crippen MR) is 72.0 cm³/mol. The van der Waals surface area contributed by atoms with E-state index >= 15 is 0 Å². The molecule has 0 aliphatic rings. The van der Waals surface area contributed by atoms with Crippen LogP contribution in [0.5, 0.6) is 0 Å². The maximum absolute atomic E-state index is 5.56. The molecule has 1 atom stereocenters. The molecule has 0 fully saturated rings. The van der Waals surface area contributed by atoms with E-state index in [-0.39, 0.29) is 0 Å². The third kappa shape index (κ3) is 3.55. The molecule has 0 saturated heterocycles. The minimum atomic E-state index is 0.527. The predicted octanol–water partition coefficient (Wildman–Crippen LogP) is 2.63. The van der Waals surface area contributed by atoms with Crippen LogP contribution in [-0.4, -0.2) is 22.4 Å². The smallest absolute Gasteiger partial charge is 0.236 e. The third-order valence-electron chi connectivity index (χ3n) is 2.24. The van der Waals surface area contributed by atoms with E-state index < -0.39 is 0 Å². The van der Waals surface area contributed by atoms with Gasteiger partial charge in [-0.05, 0) is 29.7 Å². The molecule has 0 radical (unpaired) electrons. The maximum Gasteiger partial charge on any atom is 0.236 e. The summed E-state index contributed by atoms with van der Waals surface area (Å²) in [6.45, 7) is 2.86. The van der Waals surface area contributed by atoms with Crippen molar-refractivity contribution in [3.63, 3.8) is 0 Å². The lowest BCUT2D eigenvalue weighted by Crippen LogP contribution is -2.12. The molecule has 2 aromatic rings. The summed E-state index contributed by atoms with van der Waals surface area (Å²) in [5, 5.41) is 5.97. The molecule has 0 aromatic carbocycles. The van der Waals surface area contributed by atoms with Gasteiger partial charge in [0.1, 0.15) is 0 Å². The Bertz CT molecular complexity index is 441. The Hall–Kier alpha value is -0.850. The molecule has 0 saturated carbocycles. The van der Waals surface area contributed by atoms with Gasteiger partial charge in [-0.1, -0.05) is 18.1 Å². The van der Waals surface area contributed by atoms with Crippen LogP contribution < -0.4 is 5.73 Å². The van der Waals surface area contributed by atoms with Crippen molar-refractivity contribution in [2.45, 2.75) is 12.7 Å². The van der Waals surface area contributed by atoms with Gasteiger partial charge in [-0.2, -0.15) is 16.7 Å². The lowest BCUT2D eigenvalue weighted by atomic mass is 10.2. The van der Waals surface area contributed by atoms with Gasteiger partial charge in [-0.3, -0.25) is 0 Å². The molecule has 2 heterocycles. The standard InChI is InChI=1S/C11H15N3OS2/c1-8(5-12)6-16-7-10-13-11(14-15-10)9-3-2-4-17-9/h2-4,8H,5-7,12H2,1H3.